The van der Waals surface area contributed by atoms with Crippen molar-refractivity contribution in [1.29, 1.82) is 0 Å². The van der Waals surface area contributed by atoms with Gasteiger partial charge in [0, 0.05) is 19.2 Å². The monoisotopic (exact) mass is 447 g/mol. The van der Waals surface area contributed by atoms with Crippen molar-refractivity contribution in [1.82, 2.24) is 4.90 Å². The van der Waals surface area contributed by atoms with Gasteiger partial charge in [-0.25, -0.2) is 4.79 Å². The number of carboxylic acid groups (broad SMARTS) is 1. The van der Waals surface area contributed by atoms with Crippen LogP contribution in [-0.4, -0.2) is 41.6 Å². The number of hydrogen-bond acceptors (Lipinski definition) is 4. The molecule has 3 aromatic rings. The van der Waals surface area contributed by atoms with Crippen LogP contribution in [-0.2, 0) is 16.2 Å². The van der Waals surface area contributed by atoms with Gasteiger partial charge in [-0.05, 0) is 66.4 Å². The summed E-state index contributed by atoms with van der Waals surface area (Å²) in [5.74, 6) is -0.387. The number of allylic oxidation sites excluding steroid dienone is 1. The van der Waals surface area contributed by atoms with E-state index in [0.29, 0.717) is 31.2 Å². The van der Waals surface area contributed by atoms with E-state index in [1.165, 1.54) is 0 Å². The summed E-state index contributed by atoms with van der Waals surface area (Å²) < 4.78 is 11.5. The van der Waals surface area contributed by atoms with E-state index in [4.69, 9.17) is 14.6 Å². The Morgan fingerprint density at radius 3 is 2.33 bits per heavy atom. The lowest BCUT2D eigenvalue weighted by Gasteiger charge is -2.17. The number of aliphatic carboxylic acids is 1. The van der Waals surface area contributed by atoms with Crippen molar-refractivity contribution in [3.8, 4) is 11.5 Å². The van der Waals surface area contributed by atoms with Gasteiger partial charge < -0.3 is 19.5 Å². The van der Waals surface area contributed by atoms with Gasteiger partial charge in [-0.15, -0.1) is 0 Å². The van der Waals surface area contributed by atoms with E-state index in [0.717, 1.165) is 27.5 Å². The zero-order valence-corrected chi connectivity index (χ0v) is 19.2. The zero-order chi connectivity index (χ0) is 23.8. The maximum Gasteiger partial charge on any atom is 0.341 e. The number of amides is 1. The molecule has 0 aliphatic heterocycles. The number of ether oxygens (including phenoxy) is 2. The molecule has 0 aliphatic carbocycles. The van der Waals surface area contributed by atoms with E-state index >= 15 is 0 Å². The van der Waals surface area contributed by atoms with Gasteiger partial charge in [-0.3, -0.25) is 4.79 Å². The molecule has 0 aliphatic rings. The Morgan fingerprint density at radius 2 is 1.64 bits per heavy atom. The van der Waals surface area contributed by atoms with Gasteiger partial charge in [0.1, 0.15) is 6.61 Å². The number of fused-ring (bicyclic) bond motifs is 1. The molecule has 1 amide bonds. The largest absolute Gasteiger partial charge is 0.485 e. The van der Waals surface area contributed by atoms with Gasteiger partial charge in [0.25, 0.3) is 0 Å². The summed E-state index contributed by atoms with van der Waals surface area (Å²) in [6, 6.07) is 19.5. The van der Waals surface area contributed by atoms with E-state index in [1.54, 1.807) is 23.1 Å². The van der Waals surface area contributed by atoms with Crippen LogP contribution in [0.15, 0.2) is 66.7 Å². The molecular weight excluding hydrogens is 418 g/mol. The Balaban J connectivity index is 1.82. The number of nitrogens with zero attached hydrogens (tertiary/aromatic N) is 1. The fourth-order valence-electron chi connectivity index (χ4n) is 3.51. The molecule has 0 saturated carbocycles. The van der Waals surface area contributed by atoms with Gasteiger partial charge in [0.15, 0.2) is 18.1 Å². The van der Waals surface area contributed by atoms with Crippen LogP contribution in [0.4, 0.5) is 0 Å². The highest BCUT2D eigenvalue weighted by molar-refractivity contribution is 5.95. The first-order chi connectivity index (χ1) is 15.9. The molecule has 1 N–H and O–H groups in total. The summed E-state index contributed by atoms with van der Waals surface area (Å²) in [5, 5.41) is 11.3. The molecule has 0 saturated heterocycles. The standard InChI is InChI=1S/C27H29NO5/c1-4-28(5-2)26(29)14-19(3)22-12-13-24(25(16-22)33-18-27(30)31)32-17-20-10-11-21-8-6-7-9-23(21)15-20/h6-16H,4-5,17-18H2,1-3H3,(H,30,31). The molecule has 6 heteroatoms. The van der Waals surface area contributed by atoms with Crippen molar-refractivity contribution in [2.75, 3.05) is 19.7 Å². The van der Waals surface area contributed by atoms with Crippen LogP contribution in [0.2, 0.25) is 0 Å². The average molecular weight is 448 g/mol. The molecule has 0 radical (unpaired) electrons. The first-order valence-electron chi connectivity index (χ1n) is 11.0. The van der Waals surface area contributed by atoms with E-state index in [1.807, 2.05) is 57.2 Å². The second-order valence-electron chi connectivity index (χ2n) is 7.65. The first kappa shape index (κ1) is 23.9. The van der Waals surface area contributed by atoms with Gasteiger partial charge >= 0.3 is 5.97 Å². The Labute approximate surface area is 194 Å². The van der Waals surface area contributed by atoms with E-state index in [9.17, 15) is 9.59 Å². The van der Waals surface area contributed by atoms with Crippen LogP contribution in [0.5, 0.6) is 11.5 Å². The van der Waals surface area contributed by atoms with Crippen molar-refractivity contribution in [3.05, 3.63) is 77.9 Å². The molecule has 0 heterocycles. The number of carbonyl (C=O) groups is 2. The van der Waals surface area contributed by atoms with Crippen LogP contribution in [0.25, 0.3) is 16.3 Å². The Morgan fingerprint density at radius 1 is 0.909 bits per heavy atom. The summed E-state index contributed by atoms with van der Waals surface area (Å²) >= 11 is 0. The second kappa shape index (κ2) is 11.2. The molecule has 0 spiro atoms. The lowest BCUT2D eigenvalue weighted by molar-refractivity contribution is -0.139. The Bertz CT molecular complexity index is 1160. The zero-order valence-electron chi connectivity index (χ0n) is 19.2. The van der Waals surface area contributed by atoms with Crippen molar-refractivity contribution < 1.29 is 24.2 Å². The van der Waals surface area contributed by atoms with Crippen LogP contribution in [0.1, 0.15) is 31.9 Å². The van der Waals surface area contributed by atoms with Crippen molar-refractivity contribution in [2.45, 2.75) is 27.4 Å². The van der Waals surface area contributed by atoms with Gasteiger partial charge in [0.2, 0.25) is 5.91 Å². The molecule has 33 heavy (non-hydrogen) atoms. The highest BCUT2D eigenvalue weighted by Gasteiger charge is 2.12. The fourth-order valence-corrected chi connectivity index (χ4v) is 3.51. The third-order valence-corrected chi connectivity index (χ3v) is 5.37. The minimum Gasteiger partial charge on any atom is -0.485 e. The van der Waals surface area contributed by atoms with E-state index in [2.05, 4.69) is 12.1 Å². The molecular formula is C27H29NO5. The Kier molecular flexibility index (Phi) is 8.08. The predicted octanol–water partition coefficient (Wildman–Crippen LogP) is 5.15. The molecule has 0 aromatic heterocycles. The maximum absolute atomic E-state index is 12.4. The molecule has 0 atom stereocenters. The maximum atomic E-state index is 12.4. The average Bonchev–Trinajstić information content (AvgIpc) is 2.82. The quantitative estimate of drug-likeness (QED) is 0.435. The summed E-state index contributed by atoms with van der Waals surface area (Å²) in [6.45, 7) is 6.79. The number of rotatable bonds is 10. The highest BCUT2D eigenvalue weighted by atomic mass is 16.5. The number of carbonyl (C=O) groups excluding carboxylic acids is 1. The number of carboxylic acids is 1. The van der Waals surface area contributed by atoms with Crippen molar-refractivity contribution in [3.63, 3.8) is 0 Å². The fraction of sp³-hybridized carbons (Fsp3) is 0.259. The number of benzene rings is 3. The van der Waals surface area contributed by atoms with Gasteiger partial charge in [-0.2, -0.15) is 0 Å². The van der Waals surface area contributed by atoms with Crippen molar-refractivity contribution in [2.24, 2.45) is 0 Å². The van der Waals surface area contributed by atoms with Crippen LogP contribution in [0, 0.1) is 0 Å². The number of likely N-dealkylation sites (N-methyl/N-ethyl adjacent to an activating group) is 1. The normalized spacial score (nSPS) is 11.3. The lowest BCUT2D eigenvalue weighted by Crippen LogP contribution is -2.28. The van der Waals surface area contributed by atoms with E-state index < -0.39 is 12.6 Å². The summed E-state index contributed by atoms with van der Waals surface area (Å²) in [4.78, 5) is 25.2. The molecule has 3 rings (SSSR count). The topological polar surface area (TPSA) is 76.1 Å². The van der Waals surface area contributed by atoms with Crippen LogP contribution >= 0.6 is 0 Å². The van der Waals surface area contributed by atoms with E-state index in [-0.39, 0.29) is 5.91 Å². The molecule has 0 fully saturated rings. The highest BCUT2D eigenvalue weighted by Crippen LogP contribution is 2.32. The smallest absolute Gasteiger partial charge is 0.341 e. The molecule has 3 aromatic carbocycles. The molecule has 0 unspecified atom stereocenters. The minimum atomic E-state index is -1.08. The third-order valence-electron chi connectivity index (χ3n) is 5.37. The minimum absolute atomic E-state index is 0.0675. The summed E-state index contributed by atoms with van der Waals surface area (Å²) in [6.07, 6.45) is 1.58. The molecule has 0 bridgehead atoms. The van der Waals surface area contributed by atoms with Gasteiger partial charge in [0.05, 0.1) is 0 Å². The molecule has 6 nitrogen and oxygen atoms in total. The SMILES string of the molecule is CCN(CC)C(=O)C=C(C)c1ccc(OCc2ccc3ccccc3c2)c(OCC(=O)O)c1. The molecule has 172 valence electrons. The Hall–Kier alpha value is -3.80. The lowest BCUT2D eigenvalue weighted by atomic mass is 10.1. The van der Waals surface area contributed by atoms with Gasteiger partial charge in [-0.1, -0.05) is 42.5 Å². The first-order valence-corrected chi connectivity index (χ1v) is 11.0. The second-order valence-corrected chi connectivity index (χ2v) is 7.65. The van der Waals surface area contributed by atoms with Crippen LogP contribution < -0.4 is 9.47 Å². The summed E-state index contributed by atoms with van der Waals surface area (Å²) in [7, 11) is 0. The third kappa shape index (κ3) is 6.35. The summed E-state index contributed by atoms with van der Waals surface area (Å²) in [5.41, 5.74) is 2.50. The van der Waals surface area contributed by atoms with Crippen molar-refractivity contribution >= 4 is 28.2 Å². The van der Waals surface area contributed by atoms with Crippen LogP contribution in [0.3, 0.4) is 0 Å². The predicted molar refractivity (Wildman–Crippen MR) is 129 cm³/mol. The number of hydrogen-bond donors (Lipinski definition) is 1.